The molecule has 8 aromatic rings. The van der Waals surface area contributed by atoms with Gasteiger partial charge in [0, 0.05) is 37.9 Å². The average Bonchev–Trinajstić information content (AvgIpc) is 3.69. The Hall–Kier alpha value is -5.32. The molecule has 0 radical (unpaired) electrons. The molecule has 0 aliphatic carbocycles. The number of hydrogen-bond acceptors (Lipinski definition) is 3. The summed E-state index contributed by atoms with van der Waals surface area (Å²) in [5.74, 6) is -0.321. The van der Waals surface area contributed by atoms with Crippen LogP contribution >= 0.6 is 0 Å². The van der Waals surface area contributed by atoms with Crippen LogP contribution in [0.15, 0.2) is 121 Å². The van der Waals surface area contributed by atoms with Gasteiger partial charge in [-0.25, -0.2) is 14.8 Å². The molecular formula is C45H39N4O2Pt-. The van der Waals surface area contributed by atoms with Crippen LogP contribution in [-0.4, -0.2) is 25.6 Å². The van der Waals surface area contributed by atoms with E-state index in [1.54, 1.807) is 6.07 Å². The van der Waals surface area contributed by atoms with Gasteiger partial charge in [-0.05, 0) is 80.3 Å². The van der Waals surface area contributed by atoms with E-state index in [1.807, 2.05) is 66.7 Å². The molecule has 0 aliphatic heterocycles. The quantitative estimate of drug-likeness (QED) is 0.186. The van der Waals surface area contributed by atoms with Crippen molar-refractivity contribution >= 4 is 38.8 Å². The second-order valence-electron chi connectivity index (χ2n) is 15.3. The zero-order valence-electron chi connectivity index (χ0n) is 30.0. The number of carbonyl (C=O) groups is 1. The largest absolute Gasteiger partial charge is 0.656 e. The van der Waals surface area contributed by atoms with Crippen LogP contribution in [0.4, 0.5) is 0 Å². The first-order valence-electron chi connectivity index (χ1n) is 17.3. The molecule has 6 nitrogen and oxygen atoms in total. The zero-order chi connectivity index (χ0) is 35.7. The van der Waals surface area contributed by atoms with Crippen LogP contribution in [0.5, 0.6) is 0 Å². The van der Waals surface area contributed by atoms with Crippen molar-refractivity contribution in [3.05, 3.63) is 138 Å². The summed E-state index contributed by atoms with van der Waals surface area (Å²) in [7, 11) is 0. The number of pyridine rings is 1. The van der Waals surface area contributed by atoms with E-state index in [9.17, 15) is 9.90 Å². The standard InChI is InChI=1S/C45H40N4O2.Pt/c1-44(2,3)29-20-21-36-33(24-29)34-25-30(45(4,5)6)26-35(40(34)47-36)42-48-41-32(18-13-19-39(41)49(42)31-16-11-8-12-17-31)37-22-28(23-38(46-37)43(50)51)27-14-9-7-10-15-27;/h7-26H,1-6H3,(H2,46,47,48,50,51);/p-1. The predicted molar refractivity (Wildman–Crippen MR) is 208 cm³/mol. The topological polar surface area (TPSA) is 82.1 Å². The van der Waals surface area contributed by atoms with E-state index in [0.717, 1.165) is 66.6 Å². The predicted octanol–water partition coefficient (Wildman–Crippen LogP) is 11.0. The Balaban J connectivity index is 0.00000420. The van der Waals surface area contributed by atoms with E-state index in [-0.39, 0.29) is 37.6 Å². The second-order valence-corrected chi connectivity index (χ2v) is 15.3. The molecule has 0 fully saturated rings. The molecule has 8 rings (SSSR count). The summed E-state index contributed by atoms with van der Waals surface area (Å²) in [6.07, 6.45) is 0. The zero-order valence-corrected chi connectivity index (χ0v) is 32.3. The number of carboxylic acid groups (broad SMARTS) is 1. The first kappa shape index (κ1) is 35.1. The van der Waals surface area contributed by atoms with E-state index in [1.165, 1.54) is 11.1 Å². The number of aromatic nitrogens is 4. The summed E-state index contributed by atoms with van der Waals surface area (Å²) in [6.45, 7) is 13.4. The van der Waals surface area contributed by atoms with Gasteiger partial charge in [-0.3, -0.25) is 4.57 Å². The van der Waals surface area contributed by atoms with Crippen LogP contribution in [-0.2, 0) is 31.9 Å². The van der Waals surface area contributed by atoms with Crippen LogP contribution < -0.4 is 4.98 Å². The number of fused-ring (bicyclic) bond motifs is 4. The molecule has 0 saturated carbocycles. The van der Waals surface area contributed by atoms with Crippen molar-refractivity contribution in [1.82, 2.24) is 19.5 Å². The Morgan fingerprint density at radius 1 is 0.654 bits per heavy atom. The fourth-order valence-electron chi connectivity index (χ4n) is 6.90. The molecule has 7 heteroatoms. The molecule has 5 aromatic carbocycles. The summed E-state index contributed by atoms with van der Waals surface area (Å²) in [6, 6.07) is 40.8. The van der Waals surface area contributed by atoms with Crippen molar-refractivity contribution in [1.29, 1.82) is 0 Å². The third-order valence-corrected chi connectivity index (χ3v) is 9.73. The number of rotatable bonds is 5. The molecule has 3 aromatic heterocycles. The Labute approximate surface area is 317 Å². The van der Waals surface area contributed by atoms with Gasteiger partial charge in [0.1, 0.15) is 11.5 Å². The first-order chi connectivity index (χ1) is 24.4. The molecule has 0 amide bonds. The van der Waals surface area contributed by atoms with Gasteiger partial charge < -0.3 is 10.1 Å². The van der Waals surface area contributed by atoms with Crippen LogP contribution in [0.25, 0.3) is 72.3 Å². The Morgan fingerprint density at radius 3 is 2.00 bits per heavy atom. The number of para-hydroxylation sites is 2. The van der Waals surface area contributed by atoms with Gasteiger partial charge in [0.25, 0.3) is 0 Å². The monoisotopic (exact) mass is 862 g/mol. The van der Waals surface area contributed by atoms with Gasteiger partial charge in [0.05, 0.1) is 16.7 Å². The molecule has 0 bridgehead atoms. The maximum Gasteiger partial charge on any atom is 0.354 e. The summed E-state index contributed by atoms with van der Waals surface area (Å²) in [5, 5.41) is 12.4. The number of nitrogens with zero attached hydrogens (tertiary/aromatic N) is 4. The molecule has 0 saturated heterocycles. The van der Waals surface area contributed by atoms with Gasteiger partial charge in [0.15, 0.2) is 0 Å². The Morgan fingerprint density at radius 2 is 1.33 bits per heavy atom. The fourth-order valence-corrected chi connectivity index (χ4v) is 6.90. The van der Waals surface area contributed by atoms with Gasteiger partial charge >= 0.3 is 5.97 Å². The minimum absolute atomic E-state index is 0. The molecule has 0 spiro atoms. The van der Waals surface area contributed by atoms with Crippen LogP contribution in [0.3, 0.4) is 0 Å². The Kier molecular flexibility index (Phi) is 8.79. The molecule has 3 heterocycles. The molecule has 0 unspecified atom stereocenters. The Bertz CT molecular complexity index is 2630. The van der Waals surface area contributed by atoms with E-state index in [0.29, 0.717) is 5.69 Å². The smallest absolute Gasteiger partial charge is 0.354 e. The van der Waals surface area contributed by atoms with Crippen LogP contribution in [0.1, 0.15) is 63.2 Å². The van der Waals surface area contributed by atoms with Crippen LogP contribution in [0.2, 0.25) is 0 Å². The third-order valence-electron chi connectivity index (χ3n) is 9.73. The van der Waals surface area contributed by atoms with Crippen molar-refractivity contribution in [2.45, 2.75) is 52.4 Å². The van der Waals surface area contributed by atoms with E-state index in [2.05, 4.69) is 99.6 Å². The summed E-state index contributed by atoms with van der Waals surface area (Å²) < 4.78 is 2.19. The summed E-state index contributed by atoms with van der Waals surface area (Å²) >= 11 is 0. The fraction of sp³-hybridized carbons (Fsp3) is 0.178. The number of imidazole rings is 1. The molecule has 0 aliphatic rings. The van der Waals surface area contributed by atoms with E-state index in [4.69, 9.17) is 9.97 Å². The maximum atomic E-state index is 12.4. The molecule has 1 N–H and O–H groups in total. The molecule has 52 heavy (non-hydrogen) atoms. The van der Waals surface area contributed by atoms with Gasteiger partial charge in [-0.15, -0.1) is 11.0 Å². The van der Waals surface area contributed by atoms with Crippen molar-refractivity contribution < 1.29 is 31.0 Å². The van der Waals surface area contributed by atoms with Crippen molar-refractivity contribution in [3.63, 3.8) is 0 Å². The van der Waals surface area contributed by atoms with Gasteiger partial charge in [0.2, 0.25) is 0 Å². The van der Waals surface area contributed by atoms with Gasteiger partial charge in [-0.1, -0.05) is 126 Å². The summed E-state index contributed by atoms with van der Waals surface area (Å²) in [5.41, 5.74) is 10.6. The minimum Gasteiger partial charge on any atom is -0.656 e. The molecule has 0 atom stereocenters. The number of benzene rings is 5. The second kappa shape index (κ2) is 13.0. The average molecular weight is 863 g/mol. The van der Waals surface area contributed by atoms with Crippen molar-refractivity contribution in [2.75, 3.05) is 0 Å². The number of aromatic carboxylic acids is 1. The SMILES string of the molecule is CC(C)(C)c1ccc2[n-]c3c(-c4nc5c(-c6cc(-c7ccccc7)cc(C(=O)O)n6)cccc5n4-c4ccccc4)cc(C(C)(C)C)cc3c2c1.[Pt]. The van der Waals surface area contributed by atoms with E-state index >= 15 is 0 Å². The summed E-state index contributed by atoms with van der Waals surface area (Å²) in [4.78, 5) is 27.7. The number of carboxylic acids is 1. The maximum absolute atomic E-state index is 12.4. The van der Waals surface area contributed by atoms with Crippen molar-refractivity contribution in [3.8, 4) is 39.5 Å². The van der Waals surface area contributed by atoms with E-state index < -0.39 is 5.97 Å². The van der Waals surface area contributed by atoms with Gasteiger partial charge in [-0.2, -0.15) is 0 Å². The third kappa shape index (κ3) is 6.16. The number of hydrogen-bond donors (Lipinski definition) is 1. The van der Waals surface area contributed by atoms with Crippen LogP contribution in [0, 0.1) is 0 Å². The first-order valence-corrected chi connectivity index (χ1v) is 17.3. The normalized spacial score (nSPS) is 12.0. The molecule has 262 valence electrons. The minimum atomic E-state index is -1.08. The molecular weight excluding hydrogens is 824 g/mol. The van der Waals surface area contributed by atoms with Crippen molar-refractivity contribution in [2.24, 2.45) is 0 Å².